The van der Waals surface area contributed by atoms with Crippen LogP contribution in [0.2, 0.25) is 0 Å². The lowest BCUT2D eigenvalue weighted by Crippen LogP contribution is -1.99. The van der Waals surface area contributed by atoms with Crippen molar-refractivity contribution in [3.8, 4) is 11.8 Å². The van der Waals surface area contributed by atoms with Crippen molar-refractivity contribution < 1.29 is 19.6 Å². The number of fused-ring (bicyclic) bond motifs is 1. The van der Waals surface area contributed by atoms with Crippen molar-refractivity contribution in [1.29, 1.82) is 0 Å². The molecule has 0 amide bonds. The quantitative estimate of drug-likeness (QED) is 0.514. The predicted molar refractivity (Wildman–Crippen MR) is 81.3 cm³/mol. The molecule has 6 nitrogen and oxygen atoms in total. The number of aliphatic hydroxyl groups is 2. The zero-order valence-corrected chi connectivity index (χ0v) is 12.4. The molecule has 2 unspecified atom stereocenters. The predicted octanol–water partition coefficient (Wildman–Crippen LogP) is 2.91. The summed E-state index contributed by atoms with van der Waals surface area (Å²) in [6, 6.07) is 4.27. The zero-order chi connectivity index (χ0) is 16.3. The first-order valence-corrected chi connectivity index (χ1v) is 7.05. The minimum absolute atomic E-state index is 0.110. The second-order valence-corrected chi connectivity index (χ2v) is 4.93. The van der Waals surface area contributed by atoms with Gasteiger partial charge in [0.15, 0.2) is 5.58 Å². The SMILES string of the molecule is CCC(O)C#Cc1cc([N+](=O)[O-])cc2cc(C(O)CC)oc12. The van der Waals surface area contributed by atoms with Crippen LogP contribution in [-0.4, -0.2) is 21.2 Å². The molecule has 2 N–H and O–H groups in total. The molecule has 6 heteroatoms. The van der Waals surface area contributed by atoms with E-state index in [1.165, 1.54) is 12.1 Å². The van der Waals surface area contributed by atoms with E-state index in [2.05, 4.69) is 11.8 Å². The topological polar surface area (TPSA) is 96.7 Å². The van der Waals surface area contributed by atoms with Crippen LogP contribution in [0.1, 0.15) is 44.1 Å². The van der Waals surface area contributed by atoms with Gasteiger partial charge in [-0.15, -0.1) is 0 Å². The molecule has 0 radical (unpaired) electrons. The van der Waals surface area contributed by atoms with Gasteiger partial charge in [0.25, 0.3) is 5.69 Å². The van der Waals surface area contributed by atoms with Crippen LogP contribution in [0.5, 0.6) is 0 Å². The van der Waals surface area contributed by atoms with E-state index >= 15 is 0 Å². The van der Waals surface area contributed by atoms with Crippen molar-refractivity contribution in [3.05, 3.63) is 39.6 Å². The average molecular weight is 303 g/mol. The summed E-state index contributed by atoms with van der Waals surface area (Å²) in [6.07, 6.45) is -0.640. The molecule has 0 saturated carbocycles. The maximum absolute atomic E-state index is 11.0. The van der Waals surface area contributed by atoms with E-state index in [0.717, 1.165) is 0 Å². The molecule has 0 spiro atoms. The van der Waals surface area contributed by atoms with Crippen molar-refractivity contribution in [2.24, 2.45) is 0 Å². The molecule has 1 aromatic heterocycles. The van der Waals surface area contributed by atoms with Crippen molar-refractivity contribution in [2.45, 2.75) is 38.9 Å². The molecule has 2 aromatic rings. The number of hydrogen-bond donors (Lipinski definition) is 2. The largest absolute Gasteiger partial charge is 0.457 e. The summed E-state index contributed by atoms with van der Waals surface area (Å²) >= 11 is 0. The number of nitrogens with zero attached hydrogens (tertiary/aromatic N) is 1. The Morgan fingerprint density at radius 1 is 1.27 bits per heavy atom. The van der Waals surface area contributed by atoms with Gasteiger partial charge in [-0.05, 0) is 18.9 Å². The minimum atomic E-state index is -0.801. The Morgan fingerprint density at radius 2 is 2.00 bits per heavy atom. The van der Waals surface area contributed by atoms with Crippen LogP contribution in [0.25, 0.3) is 11.0 Å². The fourth-order valence-corrected chi connectivity index (χ4v) is 1.98. The molecular weight excluding hydrogens is 286 g/mol. The number of rotatable bonds is 4. The van der Waals surface area contributed by atoms with Gasteiger partial charge in [-0.3, -0.25) is 10.1 Å². The number of non-ortho nitro benzene ring substituents is 1. The summed E-state index contributed by atoms with van der Waals surface area (Å²) < 4.78 is 5.60. The number of hydrogen-bond acceptors (Lipinski definition) is 5. The highest BCUT2D eigenvalue weighted by molar-refractivity contribution is 5.86. The number of aliphatic hydroxyl groups excluding tert-OH is 2. The van der Waals surface area contributed by atoms with Crippen LogP contribution in [0.4, 0.5) is 5.69 Å². The fraction of sp³-hybridized carbons (Fsp3) is 0.375. The van der Waals surface area contributed by atoms with Gasteiger partial charge in [0.2, 0.25) is 0 Å². The molecule has 1 heterocycles. The van der Waals surface area contributed by atoms with Crippen LogP contribution < -0.4 is 0 Å². The highest BCUT2D eigenvalue weighted by Crippen LogP contribution is 2.31. The Labute approximate surface area is 127 Å². The lowest BCUT2D eigenvalue weighted by atomic mass is 10.1. The van der Waals surface area contributed by atoms with Crippen LogP contribution in [0.3, 0.4) is 0 Å². The van der Waals surface area contributed by atoms with Gasteiger partial charge in [0.05, 0.1) is 10.5 Å². The smallest absolute Gasteiger partial charge is 0.271 e. The molecule has 0 aliphatic heterocycles. The maximum Gasteiger partial charge on any atom is 0.271 e. The van der Waals surface area contributed by atoms with Gasteiger partial charge >= 0.3 is 0 Å². The van der Waals surface area contributed by atoms with Gasteiger partial charge < -0.3 is 14.6 Å². The average Bonchev–Trinajstić information content (AvgIpc) is 2.95. The third kappa shape index (κ3) is 3.27. The highest BCUT2D eigenvalue weighted by Gasteiger charge is 2.17. The second-order valence-electron chi connectivity index (χ2n) is 4.93. The Balaban J connectivity index is 2.61. The van der Waals surface area contributed by atoms with Gasteiger partial charge in [-0.25, -0.2) is 0 Å². The van der Waals surface area contributed by atoms with E-state index in [0.29, 0.717) is 35.1 Å². The molecule has 0 aliphatic rings. The third-order valence-corrected chi connectivity index (χ3v) is 3.31. The Morgan fingerprint density at radius 3 is 2.59 bits per heavy atom. The first kappa shape index (κ1) is 16.0. The molecule has 0 saturated heterocycles. The number of nitro benzene ring substituents is 1. The Bertz CT molecular complexity index is 753. The molecule has 1 aromatic carbocycles. The van der Waals surface area contributed by atoms with Gasteiger partial charge in [-0.2, -0.15) is 0 Å². The summed E-state index contributed by atoms with van der Waals surface area (Å²) in [5, 5.41) is 30.9. The van der Waals surface area contributed by atoms with E-state index in [1.54, 1.807) is 19.9 Å². The van der Waals surface area contributed by atoms with Crippen LogP contribution >= 0.6 is 0 Å². The Kier molecular flexibility index (Phi) is 4.81. The fourth-order valence-electron chi connectivity index (χ4n) is 1.98. The number of nitro groups is 1. The summed E-state index contributed by atoms with van der Waals surface area (Å²) in [5.41, 5.74) is 0.594. The van der Waals surface area contributed by atoms with Gasteiger partial charge in [0.1, 0.15) is 18.0 Å². The molecule has 2 rings (SSSR count). The van der Waals surface area contributed by atoms with Crippen LogP contribution in [0.15, 0.2) is 22.6 Å². The summed E-state index contributed by atoms with van der Waals surface area (Å²) in [6.45, 7) is 3.59. The number of benzene rings is 1. The van der Waals surface area contributed by atoms with E-state index < -0.39 is 17.1 Å². The standard InChI is InChI=1S/C16H17NO5/c1-3-13(18)6-5-10-7-12(17(20)21)8-11-9-15(14(19)4-2)22-16(10)11/h7-9,13-14,18-19H,3-4H2,1-2H3. The van der Waals surface area contributed by atoms with Crippen LogP contribution in [0, 0.1) is 22.0 Å². The lowest BCUT2D eigenvalue weighted by Gasteiger charge is -2.01. The van der Waals surface area contributed by atoms with Crippen LogP contribution in [-0.2, 0) is 0 Å². The number of furan rings is 1. The normalized spacial score (nSPS) is 13.5. The van der Waals surface area contributed by atoms with E-state index in [1.807, 2.05) is 0 Å². The van der Waals surface area contributed by atoms with Crippen molar-refractivity contribution in [3.63, 3.8) is 0 Å². The summed E-state index contributed by atoms with van der Waals surface area (Å²) in [4.78, 5) is 10.5. The molecule has 22 heavy (non-hydrogen) atoms. The van der Waals surface area contributed by atoms with Crippen molar-refractivity contribution in [1.82, 2.24) is 0 Å². The molecule has 2 atom stereocenters. The second kappa shape index (κ2) is 6.60. The van der Waals surface area contributed by atoms with Crippen molar-refractivity contribution in [2.75, 3.05) is 0 Å². The molecule has 116 valence electrons. The minimum Gasteiger partial charge on any atom is -0.457 e. The van der Waals surface area contributed by atoms with Gasteiger partial charge in [-0.1, -0.05) is 25.7 Å². The van der Waals surface area contributed by atoms with Gasteiger partial charge in [0, 0.05) is 17.5 Å². The van der Waals surface area contributed by atoms with E-state index in [-0.39, 0.29) is 5.69 Å². The molecule has 0 bridgehead atoms. The first-order chi connectivity index (χ1) is 10.5. The molecule has 0 fully saturated rings. The molecule has 0 aliphatic carbocycles. The Hall–Kier alpha value is -2.36. The monoisotopic (exact) mass is 303 g/mol. The zero-order valence-electron chi connectivity index (χ0n) is 12.4. The molecular formula is C16H17NO5. The highest BCUT2D eigenvalue weighted by atomic mass is 16.6. The van der Waals surface area contributed by atoms with Crippen molar-refractivity contribution >= 4 is 16.7 Å². The first-order valence-electron chi connectivity index (χ1n) is 7.05. The summed E-state index contributed by atoms with van der Waals surface area (Å²) in [5.74, 6) is 5.69. The summed E-state index contributed by atoms with van der Waals surface area (Å²) in [7, 11) is 0. The third-order valence-electron chi connectivity index (χ3n) is 3.31. The maximum atomic E-state index is 11.0. The lowest BCUT2D eigenvalue weighted by molar-refractivity contribution is -0.384. The van der Waals surface area contributed by atoms with E-state index in [4.69, 9.17) is 4.42 Å². The van der Waals surface area contributed by atoms with E-state index in [9.17, 15) is 20.3 Å².